The van der Waals surface area contributed by atoms with Gasteiger partial charge in [-0.05, 0) is 23.6 Å². The first-order valence-electron chi connectivity index (χ1n) is 5.65. The van der Waals surface area contributed by atoms with E-state index in [1.165, 1.54) is 5.56 Å². The van der Waals surface area contributed by atoms with Crippen molar-refractivity contribution in [2.24, 2.45) is 0 Å². The predicted molar refractivity (Wildman–Crippen MR) is 68.6 cm³/mol. The van der Waals surface area contributed by atoms with E-state index in [0.717, 1.165) is 23.4 Å². The van der Waals surface area contributed by atoms with Gasteiger partial charge >= 0.3 is 0 Å². The van der Waals surface area contributed by atoms with E-state index in [-0.39, 0.29) is 6.61 Å². The molecule has 17 heavy (non-hydrogen) atoms. The number of hydrogen-bond donors (Lipinski definition) is 2. The lowest BCUT2D eigenvalue weighted by atomic mass is 10.0. The molecule has 0 amide bonds. The summed E-state index contributed by atoms with van der Waals surface area (Å²) in [4.78, 5) is 7.29. The number of rotatable bonds is 4. The Morgan fingerprint density at radius 1 is 1.35 bits per heavy atom. The summed E-state index contributed by atoms with van der Waals surface area (Å²) in [6.07, 6.45) is 6.22. The van der Waals surface area contributed by atoms with Crippen LogP contribution in [-0.2, 0) is 6.42 Å². The molecule has 0 bridgehead atoms. The maximum absolute atomic E-state index is 8.83. The van der Waals surface area contributed by atoms with Crippen LogP contribution in [0.25, 0.3) is 5.57 Å². The van der Waals surface area contributed by atoms with Gasteiger partial charge in [-0.3, -0.25) is 0 Å². The molecule has 0 saturated carbocycles. The second-order valence-electron chi connectivity index (χ2n) is 3.98. The van der Waals surface area contributed by atoms with Gasteiger partial charge in [0, 0.05) is 18.8 Å². The molecular formula is C14H16N2O. The largest absolute Gasteiger partial charge is 0.392 e. The van der Waals surface area contributed by atoms with Crippen molar-refractivity contribution >= 4 is 5.57 Å². The number of aliphatic hydroxyl groups excluding tert-OH is 1. The van der Waals surface area contributed by atoms with E-state index in [1.54, 1.807) is 6.20 Å². The Hall–Kier alpha value is -1.87. The number of benzene rings is 1. The lowest BCUT2D eigenvalue weighted by Crippen LogP contribution is -1.91. The molecule has 88 valence electrons. The van der Waals surface area contributed by atoms with Crippen LogP contribution in [0.3, 0.4) is 0 Å². The van der Waals surface area contributed by atoms with E-state index in [9.17, 15) is 0 Å². The van der Waals surface area contributed by atoms with Gasteiger partial charge in [-0.15, -0.1) is 0 Å². The molecule has 0 atom stereocenters. The van der Waals surface area contributed by atoms with Gasteiger partial charge in [-0.1, -0.05) is 30.3 Å². The van der Waals surface area contributed by atoms with E-state index < -0.39 is 0 Å². The molecular weight excluding hydrogens is 212 g/mol. The third-order valence-corrected chi connectivity index (χ3v) is 2.73. The second-order valence-corrected chi connectivity index (χ2v) is 3.98. The first kappa shape index (κ1) is 11.6. The zero-order chi connectivity index (χ0) is 12.1. The number of aromatic nitrogens is 2. The van der Waals surface area contributed by atoms with Gasteiger partial charge in [0.05, 0.1) is 6.61 Å². The molecule has 0 saturated heterocycles. The number of allylic oxidation sites excluding steroid dienone is 1. The molecule has 1 aromatic carbocycles. The van der Waals surface area contributed by atoms with Crippen LogP contribution in [-0.4, -0.2) is 21.7 Å². The van der Waals surface area contributed by atoms with E-state index in [4.69, 9.17) is 5.11 Å². The van der Waals surface area contributed by atoms with Gasteiger partial charge in [0.2, 0.25) is 0 Å². The zero-order valence-corrected chi connectivity index (χ0v) is 9.85. The molecule has 0 spiro atoms. The minimum Gasteiger partial charge on any atom is -0.392 e. The van der Waals surface area contributed by atoms with Gasteiger partial charge in [-0.2, -0.15) is 0 Å². The third kappa shape index (κ3) is 3.04. The predicted octanol–water partition coefficient (Wildman–Crippen LogP) is 2.40. The summed E-state index contributed by atoms with van der Waals surface area (Å²) in [7, 11) is 0. The molecule has 3 nitrogen and oxygen atoms in total. The second kappa shape index (κ2) is 5.46. The fourth-order valence-electron chi connectivity index (χ4n) is 1.73. The fourth-order valence-corrected chi connectivity index (χ4v) is 1.73. The molecule has 0 unspecified atom stereocenters. The molecule has 2 aromatic rings. The van der Waals surface area contributed by atoms with Crippen molar-refractivity contribution in [3.8, 4) is 0 Å². The van der Waals surface area contributed by atoms with Crippen LogP contribution in [0.4, 0.5) is 0 Å². The Morgan fingerprint density at radius 3 is 2.71 bits per heavy atom. The van der Waals surface area contributed by atoms with Gasteiger partial charge < -0.3 is 10.1 Å². The van der Waals surface area contributed by atoms with Crippen LogP contribution in [0, 0.1) is 0 Å². The van der Waals surface area contributed by atoms with Gasteiger partial charge in [0.15, 0.2) is 0 Å². The highest BCUT2D eigenvalue weighted by atomic mass is 16.2. The van der Waals surface area contributed by atoms with Crippen LogP contribution in [0.2, 0.25) is 0 Å². The van der Waals surface area contributed by atoms with Crippen LogP contribution < -0.4 is 0 Å². The zero-order valence-electron chi connectivity index (χ0n) is 9.85. The van der Waals surface area contributed by atoms with Crippen molar-refractivity contribution < 1.29 is 5.11 Å². The number of aliphatic hydroxyl groups is 1. The standard InChI is InChI=1S/C14H16N2O/c1-11(6-9-17)13-4-2-12(3-5-13)10-14-15-7-8-16-14/h2-8,17H,9-10H2,1H3,(H,15,16)/b11-6+. The number of H-pyrrole nitrogens is 1. The van der Waals surface area contributed by atoms with Crippen LogP contribution >= 0.6 is 0 Å². The highest BCUT2D eigenvalue weighted by molar-refractivity contribution is 5.63. The molecule has 3 heteroatoms. The molecule has 2 rings (SSSR count). The number of nitrogens with zero attached hydrogens (tertiary/aromatic N) is 1. The Kier molecular flexibility index (Phi) is 3.73. The maximum Gasteiger partial charge on any atom is 0.110 e. The Balaban J connectivity index is 2.10. The van der Waals surface area contributed by atoms with Crippen molar-refractivity contribution in [3.63, 3.8) is 0 Å². The van der Waals surface area contributed by atoms with Gasteiger partial charge in [0.25, 0.3) is 0 Å². The van der Waals surface area contributed by atoms with Crippen molar-refractivity contribution in [2.75, 3.05) is 6.61 Å². The third-order valence-electron chi connectivity index (χ3n) is 2.73. The fraction of sp³-hybridized carbons (Fsp3) is 0.214. The maximum atomic E-state index is 8.83. The Bertz CT molecular complexity index is 483. The van der Waals surface area contributed by atoms with E-state index in [2.05, 4.69) is 34.2 Å². The number of hydrogen-bond acceptors (Lipinski definition) is 2. The first-order valence-corrected chi connectivity index (χ1v) is 5.65. The molecule has 1 heterocycles. The van der Waals surface area contributed by atoms with Crippen molar-refractivity contribution in [1.82, 2.24) is 9.97 Å². The molecule has 0 fully saturated rings. The van der Waals surface area contributed by atoms with Gasteiger partial charge in [0.1, 0.15) is 5.82 Å². The smallest absolute Gasteiger partial charge is 0.110 e. The number of nitrogens with one attached hydrogen (secondary N) is 1. The van der Waals surface area contributed by atoms with Crippen molar-refractivity contribution in [1.29, 1.82) is 0 Å². The SMILES string of the molecule is C/C(=C\CO)c1ccc(Cc2ncc[nH]2)cc1. The quantitative estimate of drug-likeness (QED) is 0.844. The summed E-state index contributed by atoms with van der Waals surface area (Å²) in [5.74, 6) is 0.973. The van der Waals surface area contributed by atoms with Crippen LogP contribution in [0.5, 0.6) is 0 Å². The van der Waals surface area contributed by atoms with E-state index in [1.807, 2.05) is 19.2 Å². The monoisotopic (exact) mass is 228 g/mol. The topological polar surface area (TPSA) is 48.9 Å². The molecule has 0 aliphatic rings. The van der Waals surface area contributed by atoms with E-state index in [0.29, 0.717) is 0 Å². The first-order chi connectivity index (χ1) is 8.29. The summed E-state index contributed by atoms with van der Waals surface area (Å²) < 4.78 is 0. The Morgan fingerprint density at radius 2 is 2.12 bits per heavy atom. The molecule has 0 aliphatic heterocycles. The normalized spacial score (nSPS) is 11.8. The lowest BCUT2D eigenvalue weighted by Gasteiger charge is -2.03. The molecule has 0 radical (unpaired) electrons. The summed E-state index contributed by atoms with van der Waals surface area (Å²) in [5, 5.41) is 8.83. The molecule has 1 aromatic heterocycles. The molecule has 0 aliphatic carbocycles. The van der Waals surface area contributed by atoms with Gasteiger partial charge in [-0.25, -0.2) is 4.98 Å². The Labute approximate surface area is 101 Å². The lowest BCUT2D eigenvalue weighted by molar-refractivity contribution is 0.343. The minimum absolute atomic E-state index is 0.0833. The van der Waals surface area contributed by atoms with Crippen LogP contribution in [0.1, 0.15) is 23.9 Å². The number of aromatic amines is 1. The summed E-state index contributed by atoms with van der Waals surface area (Å²) in [6.45, 7) is 2.08. The number of imidazole rings is 1. The van der Waals surface area contributed by atoms with E-state index >= 15 is 0 Å². The molecule has 2 N–H and O–H groups in total. The average Bonchev–Trinajstić information content (AvgIpc) is 2.83. The summed E-state index contributed by atoms with van der Waals surface area (Å²) in [5.41, 5.74) is 3.46. The minimum atomic E-state index is 0.0833. The van der Waals surface area contributed by atoms with Crippen molar-refractivity contribution in [2.45, 2.75) is 13.3 Å². The van der Waals surface area contributed by atoms with Crippen molar-refractivity contribution in [3.05, 3.63) is 59.7 Å². The summed E-state index contributed by atoms with van der Waals surface area (Å²) >= 11 is 0. The average molecular weight is 228 g/mol. The summed E-state index contributed by atoms with van der Waals surface area (Å²) in [6, 6.07) is 8.32. The highest BCUT2D eigenvalue weighted by Crippen LogP contribution is 2.15. The highest BCUT2D eigenvalue weighted by Gasteiger charge is 1.99. The van der Waals surface area contributed by atoms with Crippen LogP contribution in [0.15, 0.2) is 42.7 Å².